The number of rotatable bonds is 4. The van der Waals surface area contributed by atoms with Crippen LogP contribution in [0.2, 0.25) is 5.02 Å². The summed E-state index contributed by atoms with van der Waals surface area (Å²) in [6.45, 7) is 4.77. The minimum absolute atomic E-state index is 0.0411. The second-order valence-corrected chi connectivity index (χ2v) is 12.6. The molecule has 0 spiro atoms. The summed E-state index contributed by atoms with van der Waals surface area (Å²) in [4.78, 5) is 41.1. The molecule has 0 radical (unpaired) electrons. The van der Waals surface area contributed by atoms with Gasteiger partial charge in [0.2, 0.25) is 0 Å². The lowest BCUT2D eigenvalue weighted by Crippen LogP contribution is -2.39. The number of benzene rings is 2. The number of hydrogen-bond donors (Lipinski definition) is 0. The standard InChI is InChI=1S/C25H23ClO5S2/c1-14-17(11-12-20-21(14)24(29)25(2,3)13-33(20,30)31)23(28)22-18(27)5-4-6-19(22)32-16-9-7-15(26)8-10-16/h7-12H,4-6,13H2,1-3H3. The molecule has 0 fully saturated rings. The van der Waals surface area contributed by atoms with E-state index in [1.165, 1.54) is 23.9 Å². The van der Waals surface area contributed by atoms with E-state index < -0.39 is 21.0 Å². The molecular formula is C25H23ClO5S2. The van der Waals surface area contributed by atoms with E-state index in [2.05, 4.69) is 0 Å². The SMILES string of the molecule is Cc1c(C(=O)C2=C(Sc3ccc(Cl)cc3)CCCC2=O)ccc2c1C(=O)C(C)(C)CS2(=O)=O. The van der Waals surface area contributed by atoms with Gasteiger partial charge in [0.05, 0.1) is 16.2 Å². The van der Waals surface area contributed by atoms with E-state index in [1.807, 2.05) is 12.1 Å². The van der Waals surface area contributed by atoms with Crippen molar-refractivity contribution in [1.82, 2.24) is 0 Å². The second kappa shape index (κ2) is 8.53. The molecule has 8 heteroatoms. The van der Waals surface area contributed by atoms with Gasteiger partial charge in [0.15, 0.2) is 27.2 Å². The van der Waals surface area contributed by atoms with Crippen LogP contribution in [0.1, 0.15) is 59.4 Å². The number of halogens is 1. The third-order valence-electron chi connectivity index (χ3n) is 6.05. The van der Waals surface area contributed by atoms with Crippen molar-refractivity contribution in [3.05, 3.63) is 68.6 Å². The average Bonchev–Trinajstić information content (AvgIpc) is 2.73. The molecule has 2 aromatic carbocycles. The van der Waals surface area contributed by atoms with Crippen molar-refractivity contribution in [1.29, 1.82) is 0 Å². The van der Waals surface area contributed by atoms with Gasteiger partial charge >= 0.3 is 0 Å². The van der Waals surface area contributed by atoms with Crippen molar-refractivity contribution in [2.24, 2.45) is 5.41 Å². The number of carbonyl (C=O) groups excluding carboxylic acids is 3. The predicted octanol–water partition coefficient (Wildman–Crippen LogP) is 5.63. The third kappa shape index (κ3) is 4.34. The van der Waals surface area contributed by atoms with E-state index in [0.29, 0.717) is 28.3 Å². The Hall–Kier alpha value is -2.22. The van der Waals surface area contributed by atoms with Crippen LogP contribution in [0.4, 0.5) is 0 Å². The summed E-state index contributed by atoms with van der Waals surface area (Å²) in [5.41, 5.74) is -0.411. The Balaban J connectivity index is 1.83. The van der Waals surface area contributed by atoms with Gasteiger partial charge in [-0.3, -0.25) is 14.4 Å². The Morgan fingerprint density at radius 1 is 1.03 bits per heavy atom. The largest absolute Gasteiger partial charge is 0.294 e. The molecule has 172 valence electrons. The molecule has 5 nitrogen and oxygen atoms in total. The zero-order valence-electron chi connectivity index (χ0n) is 18.5. The van der Waals surface area contributed by atoms with Crippen LogP contribution in [0.3, 0.4) is 0 Å². The molecule has 0 saturated heterocycles. The topological polar surface area (TPSA) is 85.3 Å². The molecule has 0 atom stereocenters. The minimum atomic E-state index is -3.66. The fraction of sp³-hybridized carbons (Fsp3) is 0.320. The van der Waals surface area contributed by atoms with Gasteiger partial charge in [0.25, 0.3) is 0 Å². The maximum atomic E-state index is 13.6. The highest BCUT2D eigenvalue weighted by Crippen LogP contribution is 2.41. The molecule has 1 aliphatic heterocycles. The molecule has 1 heterocycles. The number of hydrogen-bond acceptors (Lipinski definition) is 6. The number of allylic oxidation sites excluding steroid dienone is 2. The van der Waals surface area contributed by atoms with E-state index in [0.717, 1.165) is 4.90 Å². The van der Waals surface area contributed by atoms with E-state index >= 15 is 0 Å². The highest BCUT2D eigenvalue weighted by Gasteiger charge is 2.44. The first-order valence-corrected chi connectivity index (χ1v) is 13.4. The number of Topliss-reactive ketones (excluding diaryl/α,β-unsaturated/α-hetero) is 3. The number of fused-ring (bicyclic) bond motifs is 1. The molecule has 0 aromatic heterocycles. The normalized spacial score (nSPS) is 19.4. The molecule has 33 heavy (non-hydrogen) atoms. The van der Waals surface area contributed by atoms with Gasteiger partial charge in [0, 0.05) is 37.8 Å². The Kier molecular flexibility index (Phi) is 6.18. The van der Waals surface area contributed by atoms with Crippen LogP contribution < -0.4 is 0 Å². The molecule has 2 aliphatic rings. The average molecular weight is 503 g/mol. The zero-order valence-corrected chi connectivity index (χ0v) is 20.9. The van der Waals surface area contributed by atoms with E-state index in [4.69, 9.17) is 11.6 Å². The van der Waals surface area contributed by atoms with Gasteiger partial charge in [-0.1, -0.05) is 37.2 Å². The first kappa shape index (κ1) is 23.9. The van der Waals surface area contributed by atoms with Gasteiger partial charge in [-0.15, -0.1) is 0 Å². The maximum absolute atomic E-state index is 13.6. The van der Waals surface area contributed by atoms with Gasteiger partial charge < -0.3 is 0 Å². The van der Waals surface area contributed by atoms with Crippen molar-refractivity contribution < 1.29 is 22.8 Å². The van der Waals surface area contributed by atoms with Crippen LogP contribution in [0.5, 0.6) is 0 Å². The smallest absolute Gasteiger partial charge is 0.197 e. The van der Waals surface area contributed by atoms with Crippen LogP contribution in [-0.4, -0.2) is 31.5 Å². The molecule has 0 bridgehead atoms. The molecule has 0 unspecified atom stereocenters. The number of carbonyl (C=O) groups is 3. The summed E-state index contributed by atoms with van der Waals surface area (Å²) >= 11 is 7.32. The lowest BCUT2D eigenvalue weighted by atomic mass is 9.81. The molecule has 4 rings (SSSR count). The summed E-state index contributed by atoms with van der Waals surface area (Å²) in [6.07, 6.45) is 1.51. The highest BCUT2D eigenvalue weighted by molar-refractivity contribution is 8.03. The van der Waals surface area contributed by atoms with Crippen molar-refractivity contribution >= 4 is 50.5 Å². The third-order valence-corrected chi connectivity index (χ3v) is 9.57. The quantitative estimate of drug-likeness (QED) is 0.398. The fourth-order valence-electron chi connectivity index (χ4n) is 4.38. The van der Waals surface area contributed by atoms with E-state index in [9.17, 15) is 22.8 Å². The van der Waals surface area contributed by atoms with Crippen LogP contribution in [0.15, 0.2) is 56.7 Å². The maximum Gasteiger partial charge on any atom is 0.197 e. The van der Waals surface area contributed by atoms with Gasteiger partial charge in [-0.25, -0.2) is 8.42 Å². The molecule has 1 aliphatic carbocycles. The van der Waals surface area contributed by atoms with Crippen LogP contribution in [-0.2, 0) is 14.6 Å². The second-order valence-electron chi connectivity index (χ2n) is 9.04. The first-order valence-electron chi connectivity index (χ1n) is 10.6. The van der Waals surface area contributed by atoms with Crippen LogP contribution >= 0.6 is 23.4 Å². The lowest BCUT2D eigenvalue weighted by molar-refractivity contribution is -0.115. The van der Waals surface area contributed by atoms with Gasteiger partial charge in [-0.05, 0) is 61.7 Å². The monoisotopic (exact) mass is 502 g/mol. The Bertz CT molecular complexity index is 1340. The molecule has 2 aromatic rings. The van der Waals surface area contributed by atoms with Crippen molar-refractivity contribution in [3.8, 4) is 0 Å². The van der Waals surface area contributed by atoms with Gasteiger partial charge in [-0.2, -0.15) is 0 Å². The fourth-order valence-corrected chi connectivity index (χ4v) is 7.69. The molecule has 0 N–H and O–H groups in total. The van der Waals surface area contributed by atoms with Crippen LogP contribution in [0, 0.1) is 12.3 Å². The Morgan fingerprint density at radius 3 is 2.36 bits per heavy atom. The number of sulfone groups is 1. The van der Waals surface area contributed by atoms with Crippen LogP contribution in [0.25, 0.3) is 0 Å². The lowest BCUT2D eigenvalue weighted by Gasteiger charge is -2.31. The van der Waals surface area contributed by atoms with E-state index in [-0.39, 0.29) is 45.3 Å². The summed E-state index contributed by atoms with van der Waals surface area (Å²) in [5, 5.41) is 0.594. The zero-order chi connectivity index (χ0) is 24.1. The number of thioether (sulfide) groups is 1. The van der Waals surface area contributed by atoms with Crippen molar-refractivity contribution in [3.63, 3.8) is 0 Å². The summed E-state index contributed by atoms with van der Waals surface area (Å²) in [6, 6.07) is 9.92. The summed E-state index contributed by atoms with van der Waals surface area (Å²) in [5.74, 6) is -1.28. The predicted molar refractivity (Wildman–Crippen MR) is 129 cm³/mol. The van der Waals surface area contributed by atoms with Gasteiger partial charge in [0.1, 0.15) is 0 Å². The summed E-state index contributed by atoms with van der Waals surface area (Å²) < 4.78 is 25.6. The number of ketones is 3. The first-order chi connectivity index (χ1) is 15.4. The molecular weight excluding hydrogens is 480 g/mol. The highest BCUT2D eigenvalue weighted by atomic mass is 35.5. The Morgan fingerprint density at radius 2 is 1.70 bits per heavy atom. The minimum Gasteiger partial charge on any atom is -0.294 e. The van der Waals surface area contributed by atoms with Crippen molar-refractivity contribution in [2.75, 3.05) is 5.75 Å². The molecule has 0 amide bonds. The Labute approximate surface area is 202 Å². The summed E-state index contributed by atoms with van der Waals surface area (Å²) in [7, 11) is -3.66. The van der Waals surface area contributed by atoms with Crippen molar-refractivity contribution in [2.45, 2.75) is 49.8 Å². The van der Waals surface area contributed by atoms with E-state index in [1.54, 1.807) is 32.9 Å². The molecule has 0 saturated carbocycles.